The van der Waals surface area contributed by atoms with E-state index >= 15 is 0 Å². The van der Waals surface area contributed by atoms with Crippen molar-refractivity contribution in [1.29, 1.82) is 0 Å². The standard InChI is InChI=1S/C26H32Cl2F3N9O.CH2O2/c27-14-3-5-19-16(12-14)15-7-10-40(11-9-35-21-6-4-17(28)23(39-21)26(29,30)31)20(22(15)38-19)13-37-24(41)18(32)2-1-8-36-25(33)34;2-1-3/h3-6,12,18,20,38H,1-2,7-11,13,32H2,(H,35,39)(H,37,41)(H4,33,34,36);1H,(H,2,3)/t18-,20?;/m0./s1. The highest BCUT2D eigenvalue weighted by Crippen LogP contribution is 2.36. The molecule has 1 aromatic carbocycles. The fourth-order valence-electron chi connectivity index (χ4n) is 4.93. The predicted molar refractivity (Wildman–Crippen MR) is 164 cm³/mol. The van der Waals surface area contributed by atoms with Gasteiger partial charge in [0.1, 0.15) is 5.82 Å². The van der Waals surface area contributed by atoms with Crippen LogP contribution in [0.4, 0.5) is 19.0 Å². The SMILES string of the molecule is NC(N)=NCCC[C@H](N)C(=O)NCC1c2[nH]c3ccc(Cl)cc3c2CCN1CCNc1ccc(Cl)c(C(F)(F)F)n1.O=CO. The van der Waals surface area contributed by atoms with Crippen LogP contribution in [-0.2, 0) is 22.2 Å². The molecule has 0 spiro atoms. The number of hydrogen-bond donors (Lipinski definition) is 7. The number of anilines is 1. The number of benzene rings is 1. The van der Waals surface area contributed by atoms with E-state index in [4.69, 9.17) is 50.3 Å². The van der Waals surface area contributed by atoms with Gasteiger partial charge in [-0.05, 0) is 55.2 Å². The predicted octanol–water partition coefficient (Wildman–Crippen LogP) is 3.10. The first-order chi connectivity index (χ1) is 20.8. The number of pyridine rings is 1. The lowest BCUT2D eigenvalue weighted by Crippen LogP contribution is -2.47. The number of nitrogens with zero attached hydrogens (tertiary/aromatic N) is 3. The Labute approximate surface area is 261 Å². The monoisotopic (exact) mass is 659 g/mol. The Kier molecular flexibility index (Phi) is 12.5. The number of carbonyl (C=O) groups is 2. The highest BCUT2D eigenvalue weighted by molar-refractivity contribution is 6.31. The molecule has 1 aliphatic rings. The number of guanidine groups is 1. The van der Waals surface area contributed by atoms with E-state index in [1.54, 1.807) is 6.07 Å². The number of aliphatic imine (C=N–C) groups is 1. The molecule has 12 nitrogen and oxygen atoms in total. The molecule has 1 amide bonds. The summed E-state index contributed by atoms with van der Waals surface area (Å²) in [7, 11) is 0. The summed E-state index contributed by atoms with van der Waals surface area (Å²) in [6.07, 6.45) is -2.98. The third-order valence-electron chi connectivity index (χ3n) is 6.92. The van der Waals surface area contributed by atoms with Gasteiger partial charge in [0, 0.05) is 54.3 Å². The van der Waals surface area contributed by atoms with Crippen LogP contribution in [0.15, 0.2) is 35.3 Å². The molecule has 3 heterocycles. The highest BCUT2D eigenvalue weighted by atomic mass is 35.5. The zero-order valence-electron chi connectivity index (χ0n) is 23.5. The molecule has 3 aromatic rings. The first-order valence-corrected chi connectivity index (χ1v) is 14.3. The van der Waals surface area contributed by atoms with E-state index in [2.05, 4.69) is 30.5 Å². The maximum atomic E-state index is 13.2. The zero-order chi connectivity index (χ0) is 32.4. The Hall–Kier alpha value is -3.79. The van der Waals surface area contributed by atoms with Crippen LogP contribution in [0.2, 0.25) is 10.0 Å². The number of alkyl halides is 3. The van der Waals surface area contributed by atoms with Crippen molar-refractivity contribution in [3.8, 4) is 0 Å². The quantitative estimate of drug-likeness (QED) is 0.0699. The number of rotatable bonds is 11. The van der Waals surface area contributed by atoms with Gasteiger partial charge in [-0.25, -0.2) is 4.98 Å². The first kappa shape index (κ1) is 34.7. The van der Waals surface area contributed by atoms with Crippen LogP contribution in [0.3, 0.4) is 0 Å². The van der Waals surface area contributed by atoms with Crippen LogP contribution in [0.5, 0.6) is 0 Å². The average molecular weight is 661 g/mol. The minimum Gasteiger partial charge on any atom is -0.483 e. The summed E-state index contributed by atoms with van der Waals surface area (Å²) in [5.41, 5.74) is 18.6. The van der Waals surface area contributed by atoms with Gasteiger partial charge >= 0.3 is 6.18 Å². The second-order valence-corrected chi connectivity index (χ2v) is 10.7. The average Bonchev–Trinajstić information content (AvgIpc) is 3.32. The van der Waals surface area contributed by atoms with Crippen LogP contribution in [0.25, 0.3) is 10.9 Å². The molecule has 0 radical (unpaired) electrons. The Morgan fingerprint density at radius 3 is 2.68 bits per heavy atom. The number of H-pyrrole nitrogens is 1. The van der Waals surface area contributed by atoms with Gasteiger partial charge < -0.3 is 37.9 Å². The van der Waals surface area contributed by atoms with Crippen molar-refractivity contribution in [1.82, 2.24) is 20.2 Å². The fourth-order valence-corrected chi connectivity index (χ4v) is 5.32. The molecule has 0 saturated carbocycles. The minimum atomic E-state index is -4.66. The Balaban J connectivity index is 0.00000169. The number of fused-ring (bicyclic) bond motifs is 3. The topological polar surface area (TPSA) is 201 Å². The molecule has 17 heteroatoms. The number of carbonyl (C=O) groups excluding carboxylic acids is 1. The molecule has 44 heavy (non-hydrogen) atoms. The summed E-state index contributed by atoms with van der Waals surface area (Å²) in [5.74, 6) is -0.252. The normalized spacial score (nSPS) is 15.5. The molecular weight excluding hydrogens is 626 g/mol. The summed E-state index contributed by atoms with van der Waals surface area (Å²) in [4.78, 5) is 34.3. The van der Waals surface area contributed by atoms with E-state index in [0.29, 0.717) is 44.0 Å². The van der Waals surface area contributed by atoms with E-state index in [1.165, 1.54) is 12.1 Å². The Bertz CT molecular complexity index is 1470. The summed E-state index contributed by atoms with van der Waals surface area (Å²) >= 11 is 11.9. The number of hydrogen-bond acceptors (Lipinski definition) is 7. The Morgan fingerprint density at radius 2 is 2.00 bits per heavy atom. The van der Waals surface area contributed by atoms with Crippen molar-refractivity contribution in [3.63, 3.8) is 0 Å². The highest BCUT2D eigenvalue weighted by Gasteiger charge is 2.35. The number of aromatic nitrogens is 2. The lowest BCUT2D eigenvalue weighted by atomic mass is 9.97. The van der Waals surface area contributed by atoms with Crippen LogP contribution in [-0.4, -0.2) is 77.1 Å². The molecular formula is C27H34Cl2F3N9O3. The third-order valence-corrected chi connectivity index (χ3v) is 7.46. The second kappa shape index (κ2) is 15.8. The van der Waals surface area contributed by atoms with E-state index in [-0.39, 0.29) is 36.7 Å². The lowest BCUT2D eigenvalue weighted by molar-refractivity contribution is -0.141. The van der Waals surface area contributed by atoms with Crippen molar-refractivity contribution in [3.05, 3.63) is 57.3 Å². The molecule has 2 aromatic heterocycles. The third kappa shape index (κ3) is 9.35. The van der Waals surface area contributed by atoms with Gasteiger partial charge in [-0.15, -0.1) is 0 Å². The van der Waals surface area contributed by atoms with Gasteiger partial charge in [-0.2, -0.15) is 13.2 Å². The van der Waals surface area contributed by atoms with Crippen molar-refractivity contribution < 1.29 is 27.9 Å². The summed E-state index contributed by atoms with van der Waals surface area (Å²) in [6, 6.07) is 7.22. The minimum absolute atomic E-state index is 0.0158. The van der Waals surface area contributed by atoms with E-state index in [1.807, 2.05) is 12.1 Å². The van der Waals surface area contributed by atoms with Gasteiger partial charge in [0.05, 0.1) is 17.1 Å². The van der Waals surface area contributed by atoms with Gasteiger partial charge in [0.2, 0.25) is 5.91 Å². The van der Waals surface area contributed by atoms with Crippen molar-refractivity contribution in [2.45, 2.75) is 37.5 Å². The smallest absolute Gasteiger partial charge is 0.434 e. The van der Waals surface area contributed by atoms with Crippen molar-refractivity contribution in [2.24, 2.45) is 22.2 Å². The van der Waals surface area contributed by atoms with E-state index < -0.39 is 22.9 Å². The molecule has 4 rings (SSSR count). The number of carboxylic acid groups (broad SMARTS) is 1. The fraction of sp³-hybridized carbons (Fsp3) is 0.407. The van der Waals surface area contributed by atoms with Gasteiger partial charge in [0.25, 0.3) is 6.47 Å². The molecule has 0 saturated heterocycles. The molecule has 240 valence electrons. The lowest BCUT2D eigenvalue weighted by Gasteiger charge is -2.36. The van der Waals surface area contributed by atoms with Crippen LogP contribution in [0.1, 0.15) is 35.8 Å². The zero-order valence-corrected chi connectivity index (χ0v) is 25.0. The molecule has 1 unspecified atom stereocenters. The van der Waals surface area contributed by atoms with E-state index in [9.17, 15) is 18.0 Å². The van der Waals surface area contributed by atoms with E-state index in [0.717, 1.165) is 28.6 Å². The second-order valence-electron chi connectivity index (χ2n) is 9.87. The maximum absolute atomic E-state index is 13.2. The number of amides is 1. The Morgan fingerprint density at radius 1 is 1.27 bits per heavy atom. The largest absolute Gasteiger partial charge is 0.483 e. The van der Waals surface area contributed by atoms with Crippen LogP contribution >= 0.6 is 23.2 Å². The molecule has 2 atom stereocenters. The molecule has 10 N–H and O–H groups in total. The number of nitrogens with one attached hydrogen (secondary N) is 3. The molecule has 0 aliphatic carbocycles. The summed E-state index contributed by atoms with van der Waals surface area (Å²) < 4.78 is 39.7. The van der Waals surface area contributed by atoms with Gasteiger partial charge in [-0.3, -0.25) is 19.5 Å². The van der Waals surface area contributed by atoms with Crippen LogP contribution < -0.4 is 27.8 Å². The summed E-state index contributed by atoms with van der Waals surface area (Å²) in [6.45, 7) is 1.82. The number of aromatic amines is 1. The molecule has 0 bridgehead atoms. The van der Waals surface area contributed by atoms with Crippen molar-refractivity contribution in [2.75, 3.05) is 38.0 Å². The van der Waals surface area contributed by atoms with Crippen LogP contribution in [0, 0.1) is 0 Å². The van der Waals surface area contributed by atoms with Gasteiger partial charge in [-0.1, -0.05) is 23.2 Å². The number of nitrogens with two attached hydrogens (primary N) is 3. The first-order valence-electron chi connectivity index (χ1n) is 13.5. The maximum Gasteiger partial charge on any atom is 0.434 e. The van der Waals surface area contributed by atoms with Gasteiger partial charge in [0.15, 0.2) is 11.7 Å². The molecule has 0 fully saturated rings. The summed E-state index contributed by atoms with van der Waals surface area (Å²) in [5, 5.41) is 14.0. The molecule has 1 aliphatic heterocycles. The number of halogens is 5. The van der Waals surface area contributed by atoms with Crippen molar-refractivity contribution >= 4 is 58.3 Å².